The summed E-state index contributed by atoms with van der Waals surface area (Å²) < 4.78 is 24.8. The molecule has 0 fully saturated rings. The second-order valence-electron chi connectivity index (χ2n) is 6.58. The predicted octanol–water partition coefficient (Wildman–Crippen LogP) is 5.02. The van der Waals surface area contributed by atoms with Gasteiger partial charge in [0, 0.05) is 23.6 Å². The molecule has 0 saturated heterocycles. The summed E-state index contributed by atoms with van der Waals surface area (Å²) in [6, 6.07) is 14.3. The van der Waals surface area contributed by atoms with Gasteiger partial charge in [-0.1, -0.05) is 18.2 Å². The molecule has 8 heteroatoms. The molecule has 0 unspecified atom stereocenters. The second kappa shape index (κ2) is 9.75. The number of furan rings is 1. The topological polar surface area (TPSA) is 75.6 Å². The third kappa shape index (κ3) is 4.81. The summed E-state index contributed by atoms with van der Waals surface area (Å²) >= 11 is 0. The summed E-state index contributed by atoms with van der Waals surface area (Å²) in [5.74, 6) is 1.64. The van der Waals surface area contributed by atoms with Crippen molar-refractivity contribution in [2.75, 3.05) is 7.05 Å². The first kappa shape index (κ1) is 21.8. The number of oxazole rings is 1. The molecule has 0 saturated carbocycles. The second-order valence-corrected chi connectivity index (χ2v) is 6.58. The summed E-state index contributed by atoms with van der Waals surface area (Å²) in [5.41, 5.74) is 3.27. The highest BCUT2D eigenvalue weighted by atomic mass is 127. The fourth-order valence-electron chi connectivity index (χ4n) is 3.07. The van der Waals surface area contributed by atoms with Gasteiger partial charge in [-0.15, -0.1) is 24.0 Å². The SMILES string of the molecule is CN=C(NCc1coc(-c2ccccc2)n1)NCc1oc2ccc(F)cc2c1C.I. The van der Waals surface area contributed by atoms with Gasteiger partial charge < -0.3 is 19.5 Å². The van der Waals surface area contributed by atoms with Crippen molar-refractivity contribution in [1.29, 1.82) is 0 Å². The van der Waals surface area contributed by atoms with Gasteiger partial charge in [0.05, 0.1) is 18.8 Å². The van der Waals surface area contributed by atoms with Crippen molar-refractivity contribution in [2.24, 2.45) is 4.99 Å². The van der Waals surface area contributed by atoms with Crippen LogP contribution in [0, 0.1) is 12.7 Å². The summed E-state index contributed by atoms with van der Waals surface area (Å²) in [6.07, 6.45) is 1.63. The van der Waals surface area contributed by atoms with Gasteiger partial charge in [0.1, 0.15) is 23.4 Å². The Labute approximate surface area is 190 Å². The number of fused-ring (bicyclic) bond motifs is 1. The molecule has 0 bridgehead atoms. The minimum absolute atomic E-state index is 0. The van der Waals surface area contributed by atoms with E-state index in [-0.39, 0.29) is 29.8 Å². The Hall–Kier alpha value is -2.88. The van der Waals surface area contributed by atoms with Crippen LogP contribution in [0.2, 0.25) is 0 Å². The van der Waals surface area contributed by atoms with Crippen LogP contribution in [0.25, 0.3) is 22.4 Å². The average Bonchev–Trinajstić information content (AvgIpc) is 3.34. The number of rotatable bonds is 5. The van der Waals surface area contributed by atoms with Crippen molar-refractivity contribution in [2.45, 2.75) is 20.0 Å². The van der Waals surface area contributed by atoms with Gasteiger partial charge in [-0.3, -0.25) is 4.99 Å². The number of hydrogen-bond acceptors (Lipinski definition) is 4. The normalized spacial score (nSPS) is 11.4. The van der Waals surface area contributed by atoms with Crippen LogP contribution in [-0.4, -0.2) is 18.0 Å². The van der Waals surface area contributed by atoms with Crippen molar-refractivity contribution in [3.05, 3.63) is 77.6 Å². The van der Waals surface area contributed by atoms with Crippen LogP contribution in [0.15, 0.2) is 68.6 Å². The number of hydrogen-bond donors (Lipinski definition) is 2. The lowest BCUT2D eigenvalue weighted by Gasteiger charge is -2.10. The fraction of sp³-hybridized carbons (Fsp3) is 0.182. The van der Waals surface area contributed by atoms with E-state index < -0.39 is 0 Å². The maximum absolute atomic E-state index is 13.5. The Morgan fingerprint density at radius 3 is 2.63 bits per heavy atom. The number of aryl methyl sites for hydroxylation is 1. The molecule has 6 nitrogen and oxygen atoms in total. The van der Waals surface area contributed by atoms with E-state index in [1.165, 1.54) is 12.1 Å². The molecule has 4 rings (SSSR count). The lowest BCUT2D eigenvalue weighted by Crippen LogP contribution is -2.36. The molecule has 4 aromatic rings. The molecule has 0 aliphatic carbocycles. The number of aliphatic imine (C=N–C) groups is 1. The van der Waals surface area contributed by atoms with Crippen LogP contribution < -0.4 is 10.6 Å². The maximum Gasteiger partial charge on any atom is 0.226 e. The molecule has 0 atom stereocenters. The first-order valence-corrected chi connectivity index (χ1v) is 9.26. The molecular weight excluding hydrogens is 498 g/mol. The number of aromatic nitrogens is 1. The van der Waals surface area contributed by atoms with E-state index in [0.717, 1.165) is 28.0 Å². The summed E-state index contributed by atoms with van der Waals surface area (Å²) in [4.78, 5) is 8.71. The quantitative estimate of drug-likeness (QED) is 0.220. The van der Waals surface area contributed by atoms with Crippen LogP contribution in [-0.2, 0) is 13.1 Å². The van der Waals surface area contributed by atoms with E-state index in [2.05, 4.69) is 20.6 Å². The minimum atomic E-state index is -0.277. The van der Waals surface area contributed by atoms with Crippen molar-refractivity contribution >= 4 is 40.9 Å². The third-order valence-corrected chi connectivity index (χ3v) is 4.65. The Kier molecular flexibility index (Phi) is 7.09. The molecule has 30 heavy (non-hydrogen) atoms. The van der Waals surface area contributed by atoms with Gasteiger partial charge in [-0.05, 0) is 37.3 Å². The molecule has 0 amide bonds. The van der Waals surface area contributed by atoms with Gasteiger partial charge in [0.25, 0.3) is 0 Å². The molecule has 0 aliphatic rings. The van der Waals surface area contributed by atoms with Crippen LogP contribution in [0.3, 0.4) is 0 Å². The van der Waals surface area contributed by atoms with E-state index in [0.29, 0.717) is 30.5 Å². The van der Waals surface area contributed by atoms with Gasteiger partial charge in [-0.25, -0.2) is 9.37 Å². The van der Waals surface area contributed by atoms with Crippen LogP contribution in [0.5, 0.6) is 0 Å². The summed E-state index contributed by atoms with van der Waals surface area (Å²) in [7, 11) is 1.69. The number of guanidine groups is 1. The Bertz CT molecular complexity index is 1150. The Morgan fingerprint density at radius 2 is 1.87 bits per heavy atom. The monoisotopic (exact) mass is 520 g/mol. The summed E-state index contributed by atoms with van der Waals surface area (Å²) in [5, 5.41) is 7.18. The third-order valence-electron chi connectivity index (χ3n) is 4.65. The number of nitrogens with one attached hydrogen (secondary N) is 2. The Morgan fingerprint density at radius 1 is 1.10 bits per heavy atom. The minimum Gasteiger partial charge on any atom is -0.459 e. The van der Waals surface area contributed by atoms with Gasteiger partial charge in [-0.2, -0.15) is 0 Å². The smallest absolute Gasteiger partial charge is 0.226 e. The van der Waals surface area contributed by atoms with E-state index >= 15 is 0 Å². The molecule has 0 radical (unpaired) electrons. The van der Waals surface area contributed by atoms with E-state index in [9.17, 15) is 4.39 Å². The number of benzene rings is 2. The average molecular weight is 520 g/mol. The zero-order valence-corrected chi connectivity index (χ0v) is 18.9. The predicted molar refractivity (Wildman–Crippen MR) is 125 cm³/mol. The van der Waals surface area contributed by atoms with E-state index in [1.807, 2.05) is 37.3 Å². The number of nitrogens with zero attached hydrogens (tertiary/aromatic N) is 2. The van der Waals surface area contributed by atoms with Crippen LogP contribution in [0.1, 0.15) is 17.0 Å². The first-order valence-electron chi connectivity index (χ1n) is 9.26. The van der Waals surface area contributed by atoms with E-state index in [4.69, 9.17) is 8.83 Å². The van der Waals surface area contributed by atoms with Crippen molar-refractivity contribution in [1.82, 2.24) is 15.6 Å². The molecule has 2 aromatic carbocycles. The molecule has 156 valence electrons. The zero-order valence-electron chi connectivity index (χ0n) is 16.6. The van der Waals surface area contributed by atoms with Crippen molar-refractivity contribution < 1.29 is 13.2 Å². The molecule has 0 spiro atoms. The molecule has 2 N–H and O–H groups in total. The van der Waals surface area contributed by atoms with Crippen molar-refractivity contribution in [3.63, 3.8) is 0 Å². The highest BCUT2D eigenvalue weighted by molar-refractivity contribution is 14.0. The summed E-state index contributed by atoms with van der Waals surface area (Å²) in [6.45, 7) is 2.80. The van der Waals surface area contributed by atoms with Gasteiger partial charge >= 0.3 is 0 Å². The zero-order chi connectivity index (χ0) is 20.2. The lowest BCUT2D eigenvalue weighted by atomic mass is 10.1. The van der Waals surface area contributed by atoms with E-state index in [1.54, 1.807) is 19.4 Å². The standard InChI is InChI=1S/C22H21FN4O2.HI/c1-14-18-10-16(23)8-9-19(18)29-20(14)12-26-22(24-2)25-11-17-13-28-21(27-17)15-6-4-3-5-7-15;/h3-10,13H,11-12H2,1-2H3,(H2,24,25,26);1H. The lowest BCUT2D eigenvalue weighted by molar-refractivity contribution is 0.533. The highest BCUT2D eigenvalue weighted by Gasteiger charge is 2.12. The molecule has 0 aliphatic heterocycles. The highest BCUT2D eigenvalue weighted by Crippen LogP contribution is 2.25. The Balaban J connectivity index is 0.00000256. The van der Waals surface area contributed by atoms with Crippen molar-refractivity contribution in [3.8, 4) is 11.5 Å². The molecule has 2 heterocycles. The first-order chi connectivity index (χ1) is 14.1. The molecule has 2 aromatic heterocycles. The largest absolute Gasteiger partial charge is 0.459 e. The fourth-order valence-corrected chi connectivity index (χ4v) is 3.07. The molecular formula is C22H22FIN4O2. The number of halogens is 2. The van der Waals surface area contributed by atoms with Gasteiger partial charge in [0.15, 0.2) is 5.96 Å². The maximum atomic E-state index is 13.5. The van der Waals surface area contributed by atoms with Crippen LogP contribution in [0.4, 0.5) is 4.39 Å². The van der Waals surface area contributed by atoms with Crippen LogP contribution >= 0.6 is 24.0 Å². The van der Waals surface area contributed by atoms with Gasteiger partial charge in [0.2, 0.25) is 5.89 Å².